The largest absolute Gasteiger partial charge is 0.465 e. The Morgan fingerprint density at radius 3 is 2.62 bits per heavy atom. The normalized spacial score (nSPS) is 20.2. The van der Waals surface area contributed by atoms with Crippen LogP contribution in [-0.4, -0.2) is 37.9 Å². The van der Waals surface area contributed by atoms with Gasteiger partial charge in [-0.05, 0) is 37.0 Å². The molecule has 1 aliphatic heterocycles. The number of rotatable bonds is 2. The molecule has 7 heteroatoms. The van der Waals surface area contributed by atoms with Crippen molar-refractivity contribution in [1.82, 2.24) is 4.57 Å². The van der Waals surface area contributed by atoms with Gasteiger partial charge in [0.25, 0.3) is 0 Å². The van der Waals surface area contributed by atoms with Crippen molar-refractivity contribution in [3.8, 4) is 0 Å². The first-order valence-electron chi connectivity index (χ1n) is 8.07. The van der Waals surface area contributed by atoms with E-state index < -0.39 is 20.7 Å². The molecule has 2 heterocycles. The number of hydrogen-bond acceptors (Lipinski definition) is 4. The number of nitrogens with zero attached hydrogens (tertiary/aromatic N) is 2. The predicted molar refractivity (Wildman–Crippen MR) is 91.9 cm³/mol. The lowest BCUT2D eigenvalue weighted by Gasteiger charge is -2.23. The lowest BCUT2D eigenvalue weighted by molar-refractivity contribution is 0.0601. The molecule has 4 rings (SSSR count). The molecule has 1 saturated carbocycles. The molecule has 1 spiro atoms. The number of methoxy groups -OCH3 is 1. The summed E-state index contributed by atoms with van der Waals surface area (Å²) in [6.07, 6.45) is 4.21. The summed E-state index contributed by atoms with van der Waals surface area (Å²) in [5.41, 5.74) is 2.92. The molecule has 1 aliphatic carbocycles. The van der Waals surface area contributed by atoms with Gasteiger partial charge in [0.1, 0.15) is 4.75 Å². The van der Waals surface area contributed by atoms with Crippen LogP contribution >= 0.6 is 0 Å². The van der Waals surface area contributed by atoms with Gasteiger partial charge in [-0.15, -0.1) is 0 Å². The summed E-state index contributed by atoms with van der Waals surface area (Å²) in [6, 6.07) is 3.44. The van der Waals surface area contributed by atoms with Gasteiger partial charge in [-0.1, -0.05) is 6.92 Å². The molecule has 1 fully saturated rings. The maximum atomic E-state index is 13.0. The van der Waals surface area contributed by atoms with Crippen LogP contribution in [0.4, 0.5) is 5.69 Å². The van der Waals surface area contributed by atoms with Gasteiger partial charge < -0.3 is 9.30 Å². The highest BCUT2D eigenvalue weighted by atomic mass is 32.2. The fourth-order valence-corrected chi connectivity index (χ4v) is 5.64. The highest BCUT2D eigenvalue weighted by molar-refractivity contribution is 7.94. The Kier molecular flexibility index (Phi) is 3.07. The number of carbonyl (C=O) groups is 1. The lowest BCUT2D eigenvalue weighted by Crippen LogP contribution is -2.38. The van der Waals surface area contributed by atoms with Gasteiger partial charge in [-0.2, -0.15) is 0 Å². The number of anilines is 1. The highest BCUT2D eigenvalue weighted by Crippen LogP contribution is 2.51. The molecule has 2 aromatic rings. The van der Waals surface area contributed by atoms with Crippen LogP contribution in [0.3, 0.4) is 0 Å². The van der Waals surface area contributed by atoms with E-state index in [0.29, 0.717) is 30.6 Å². The van der Waals surface area contributed by atoms with Crippen molar-refractivity contribution in [2.45, 2.75) is 37.5 Å². The minimum atomic E-state index is -3.46. The van der Waals surface area contributed by atoms with Crippen LogP contribution in [0.25, 0.3) is 10.9 Å². The zero-order chi connectivity index (χ0) is 17.3. The van der Waals surface area contributed by atoms with Crippen LogP contribution in [0.5, 0.6) is 0 Å². The summed E-state index contributed by atoms with van der Waals surface area (Å²) in [5.74, 6) is -0.459. The van der Waals surface area contributed by atoms with Gasteiger partial charge in [-0.25, -0.2) is 13.2 Å². The highest BCUT2D eigenvalue weighted by Gasteiger charge is 2.58. The molecule has 2 aliphatic rings. The molecule has 24 heavy (non-hydrogen) atoms. The van der Waals surface area contributed by atoms with E-state index in [1.165, 1.54) is 11.4 Å². The van der Waals surface area contributed by atoms with Crippen molar-refractivity contribution in [2.24, 2.45) is 0 Å². The van der Waals surface area contributed by atoms with Crippen LogP contribution in [0.15, 0.2) is 18.3 Å². The van der Waals surface area contributed by atoms with E-state index in [2.05, 4.69) is 11.5 Å². The molecule has 128 valence electrons. The Bertz CT molecular complexity index is 970. The van der Waals surface area contributed by atoms with Gasteiger partial charge in [0, 0.05) is 25.2 Å². The standard InChI is InChI=1S/C17H20N2O4S/c1-4-11-9-19-10-17(5-6-17)24(21,22)18(2)14-8-12(16(20)23-3)7-13(11)15(14)19/h7-9H,4-6,10H2,1-3H3. The average Bonchev–Trinajstić information content (AvgIpc) is 3.29. The van der Waals surface area contributed by atoms with Gasteiger partial charge in [0.05, 0.1) is 23.9 Å². The maximum Gasteiger partial charge on any atom is 0.337 e. The molecule has 0 N–H and O–H groups in total. The number of aromatic nitrogens is 1. The fraction of sp³-hybridized carbons (Fsp3) is 0.471. The van der Waals surface area contributed by atoms with Crippen molar-refractivity contribution in [2.75, 3.05) is 18.5 Å². The van der Waals surface area contributed by atoms with E-state index in [9.17, 15) is 13.2 Å². The quantitative estimate of drug-likeness (QED) is 0.781. The SMILES string of the molecule is CCc1cn2c3c(cc(C(=O)OC)cc13)N(C)S(=O)(=O)C1(CC1)C2. The summed E-state index contributed by atoms with van der Waals surface area (Å²) >= 11 is 0. The summed E-state index contributed by atoms with van der Waals surface area (Å²) < 4.78 is 33.6. The Balaban J connectivity index is 2.08. The van der Waals surface area contributed by atoms with E-state index in [-0.39, 0.29) is 0 Å². The maximum absolute atomic E-state index is 13.0. The molecule has 6 nitrogen and oxygen atoms in total. The molecular formula is C17H20N2O4S. The van der Waals surface area contributed by atoms with Crippen molar-refractivity contribution >= 4 is 32.6 Å². The Hall–Kier alpha value is -2.02. The molecule has 0 unspecified atom stereocenters. The molecule has 0 bridgehead atoms. The van der Waals surface area contributed by atoms with E-state index >= 15 is 0 Å². The lowest BCUT2D eigenvalue weighted by atomic mass is 10.1. The number of hydrogen-bond donors (Lipinski definition) is 0. The zero-order valence-electron chi connectivity index (χ0n) is 14.0. The van der Waals surface area contributed by atoms with E-state index in [0.717, 1.165) is 22.9 Å². The van der Waals surface area contributed by atoms with Crippen LogP contribution in [0.1, 0.15) is 35.7 Å². The van der Waals surface area contributed by atoms with Crippen LogP contribution in [0, 0.1) is 0 Å². The first-order chi connectivity index (χ1) is 11.3. The van der Waals surface area contributed by atoms with Gasteiger partial charge >= 0.3 is 5.97 Å². The fourth-order valence-electron chi connectivity index (χ4n) is 3.74. The van der Waals surface area contributed by atoms with Crippen LogP contribution in [0.2, 0.25) is 0 Å². The number of carbonyl (C=O) groups excluding carboxylic acids is 1. The number of benzene rings is 1. The zero-order valence-corrected chi connectivity index (χ0v) is 14.8. The van der Waals surface area contributed by atoms with Gasteiger partial charge in [-0.3, -0.25) is 4.31 Å². The van der Waals surface area contributed by atoms with Crippen molar-refractivity contribution in [1.29, 1.82) is 0 Å². The number of sulfonamides is 1. The first kappa shape index (κ1) is 15.5. The molecule has 1 aromatic carbocycles. The molecule has 0 atom stereocenters. The Labute approximate surface area is 141 Å². The summed E-state index contributed by atoms with van der Waals surface area (Å²) in [7, 11) is -0.545. The van der Waals surface area contributed by atoms with Crippen molar-refractivity contribution in [3.05, 3.63) is 29.5 Å². The van der Waals surface area contributed by atoms with E-state index in [1.807, 2.05) is 12.3 Å². The number of esters is 1. The Morgan fingerprint density at radius 1 is 1.33 bits per heavy atom. The summed E-state index contributed by atoms with van der Waals surface area (Å²) in [4.78, 5) is 12.0. The van der Waals surface area contributed by atoms with Gasteiger partial charge in [0.2, 0.25) is 10.0 Å². The first-order valence-corrected chi connectivity index (χ1v) is 9.51. The number of ether oxygens (including phenoxy) is 1. The topological polar surface area (TPSA) is 68.6 Å². The van der Waals surface area contributed by atoms with Gasteiger partial charge in [0.15, 0.2) is 0 Å². The molecular weight excluding hydrogens is 328 g/mol. The average molecular weight is 348 g/mol. The molecule has 0 saturated heterocycles. The molecule has 1 aromatic heterocycles. The third-order valence-electron chi connectivity index (χ3n) is 5.35. The van der Waals surface area contributed by atoms with Crippen LogP contribution in [-0.2, 0) is 27.7 Å². The minimum absolute atomic E-state index is 0.376. The smallest absolute Gasteiger partial charge is 0.337 e. The molecule has 0 radical (unpaired) electrons. The predicted octanol–water partition coefficient (Wildman–Crippen LogP) is 2.30. The van der Waals surface area contributed by atoms with E-state index in [1.54, 1.807) is 13.1 Å². The second-order valence-corrected chi connectivity index (χ2v) is 9.04. The second-order valence-electron chi connectivity index (χ2n) is 6.67. The third-order valence-corrected chi connectivity index (χ3v) is 7.90. The van der Waals surface area contributed by atoms with Crippen molar-refractivity contribution in [3.63, 3.8) is 0 Å². The van der Waals surface area contributed by atoms with E-state index in [4.69, 9.17) is 4.74 Å². The van der Waals surface area contributed by atoms with Crippen LogP contribution < -0.4 is 4.31 Å². The third kappa shape index (κ3) is 1.81. The molecule has 0 amide bonds. The summed E-state index contributed by atoms with van der Waals surface area (Å²) in [5, 5.41) is 0.926. The van der Waals surface area contributed by atoms with Crippen molar-refractivity contribution < 1.29 is 17.9 Å². The Morgan fingerprint density at radius 2 is 2.04 bits per heavy atom. The number of aryl methyl sites for hydroxylation is 1. The second kappa shape index (κ2) is 4.75. The minimum Gasteiger partial charge on any atom is -0.465 e. The summed E-state index contributed by atoms with van der Waals surface area (Å²) in [6.45, 7) is 2.53. The monoisotopic (exact) mass is 348 g/mol.